The molecular formula is C9H17N3O. The molecule has 74 valence electrons. The molecule has 1 unspecified atom stereocenters. The molecule has 1 atom stereocenters. The Labute approximate surface area is 78.5 Å². The van der Waals surface area contributed by atoms with Crippen LogP contribution in [0.3, 0.4) is 0 Å². The smallest absolute Gasteiger partial charge is 0.219 e. The molecule has 2 N–H and O–H groups in total. The Kier molecular flexibility index (Phi) is 3.89. The Bertz CT molecular complexity index is 247. The van der Waals surface area contributed by atoms with Crippen molar-refractivity contribution in [3.05, 3.63) is 11.8 Å². The first-order valence-electron chi connectivity index (χ1n) is 4.80. The molecule has 0 saturated heterocycles. The van der Waals surface area contributed by atoms with E-state index >= 15 is 0 Å². The van der Waals surface area contributed by atoms with Crippen molar-refractivity contribution < 1.29 is 4.42 Å². The highest BCUT2D eigenvalue weighted by Crippen LogP contribution is 2.18. The van der Waals surface area contributed by atoms with Gasteiger partial charge in [0.05, 0.1) is 0 Å². The van der Waals surface area contributed by atoms with Gasteiger partial charge in [-0.3, -0.25) is 0 Å². The third-order valence-corrected chi connectivity index (χ3v) is 1.98. The third-order valence-electron chi connectivity index (χ3n) is 1.98. The van der Waals surface area contributed by atoms with Crippen molar-refractivity contribution in [1.82, 2.24) is 10.2 Å². The number of hydrogen-bond acceptors (Lipinski definition) is 4. The van der Waals surface area contributed by atoms with Crippen molar-refractivity contribution in [2.45, 2.75) is 39.0 Å². The van der Waals surface area contributed by atoms with E-state index in [1.54, 1.807) is 0 Å². The summed E-state index contributed by atoms with van der Waals surface area (Å²) in [5, 5.41) is 7.89. The highest BCUT2D eigenvalue weighted by molar-refractivity contribution is 4.89. The van der Waals surface area contributed by atoms with Gasteiger partial charge in [-0.05, 0) is 6.42 Å². The fourth-order valence-electron chi connectivity index (χ4n) is 1.25. The Morgan fingerprint density at radius 2 is 2.23 bits per heavy atom. The maximum Gasteiger partial charge on any atom is 0.219 e. The van der Waals surface area contributed by atoms with E-state index in [1.165, 1.54) is 0 Å². The fraction of sp³-hybridized carbons (Fsp3) is 0.778. The van der Waals surface area contributed by atoms with Crippen molar-refractivity contribution in [3.8, 4) is 0 Å². The molecule has 0 radical (unpaired) electrons. The Morgan fingerprint density at radius 1 is 1.46 bits per heavy atom. The third kappa shape index (κ3) is 2.81. The summed E-state index contributed by atoms with van der Waals surface area (Å²) in [5.41, 5.74) is 5.38. The quantitative estimate of drug-likeness (QED) is 0.750. The lowest BCUT2D eigenvalue weighted by molar-refractivity contribution is 0.414. The van der Waals surface area contributed by atoms with E-state index in [0.717, 1.165) is 18.7 Å². The van der Waals surface area contributed by atoms with Crippen molar-refractivity contribution in [3.63, 3.8) is 0 Å². The van der Waals surface area contributed by atoms with Crippen LogP contribution < -0.4 is 5.73 Å². The SMILES string of the molecule is CCCC(C)c1nnc(CCN)o1. The molecular weight excluding hydrogens is 166 g/mol. The van der Waals surface area contributed by atoms with Crippen LogP contribution >= 0.6 is 0 Å². The molecule has 0 amide bonds. The highest BCUT2D eigenvalue weighted by atomic mass is 16.4. The summed E-state index contributed by atoms with van der Waals surface area (Å²) in [6.07, 6.45) is 2.89. The summed E-state index contributed by atoms with van der Waals surface area (Å²) in [5.74, 6) is 1.76. The predicted molar refractivity (Wildman–Crippen MR) is 50.4 cm³/mol. The minimum absolute atomic E-state index is 0.365. The molecule has 0 aliphatic heterocycles. The van der Waals surface area contributed by atoms with Crippen LogP contribution in [0.2, 0.25) is 0 Å². The van der Waals surface area contributed by atoms with Crippen LogP contribution in [0.1, 0.15) is 44.4 Å². The molecule has 0 aliphatic carbocycles. The summed E-state index contributed by atoms with van der Waals surface area (Å²) in [6, 6.07) is 0. The van der Waals surface area contributed by atoms with Gasteiger partial charge in [0, 0.05) is 18.9 Å². The van der Waals surface area contributed by atoms with Gasteiger partial charge < -0.3 is 10.2 Å². The van der Waals surface area contributed by atoms with Gasteiger partial charge in [-0.1, -0.05) is 20.3 Å². The second-order valence-electron chi connectivity index (χ2n) is 3.26. The summed E-state index contributed by atoms with van der Waals surface area (Å²) in [6.45, 7) is 4.81. The van der Waals surface area contributed by atoms with E-state index in [4.69, 9.17) is 10.2 Å². The Balaban J connectivity index is 2.56. The number of nitrogens with zero attached hydrogens (tertiary/aromatic N) is 2. The average molecular weight is 183 g/mol. The van der Waals surface area contributed by atoms with Crippen LogP contribution in [0, 0.1) is 0 Å². The molecule has 1 aromatic heterocycles. The van der Waals surface area contributed by atoms with Gasteiger partial charge in [-0.25, -0.2) is 0 Å². The van der Waals surface area contributed by atoms with Gasteiger partial charge in [-0.15, -0.1) is 10.2 Å². The maximum atomic E-state index is 5.44. The van der Waals surface area contributed by atoms with Gasteiger partial charge >= 0.3 is 0 Å². The van der Waals surface area contributed by atoms with Crippen LogP contribution in [-0.2, 0) is 6.42 Å². The molecule has 0 aliphatic rings. The largest absolute Gasteiger partial charge is 0.425 e. The normalized spacial score (nSPS) is 13.2. The monoisotopic (exact) mass is 183 g/mol. The summed E-state index contributed by atoms with van der Waals surface area (Å²) < 4.78 is 5.44. The molecule has 0 fully saturated rings. The number of rotatable bonds is 5. The molecule has 0 aromatic carbocycles. The highest BCUT2D eigenvalue weighted by Gasteiger charge is 2.12. The van der Waals surface area contributed by atoms with Crippen LogP contribution in [0.4, 0.5) is 0 Å². The Hall–Kier alpha value is -0.900. The van der Waals surface area contributed by atoms with E-state index in [-0.39, 0.29) is 0 Å². The summed E-state index contributed by atoms with van der Waals surface area (Å²) in [7, 11) is 0. The molecule has 1 rings (SSSR count). The van der Waals surface area contributed by atoms with Gasteiger partial charge in [0.1, 0.15) is 0 Å². The molecule has 4 nitrogen and oxygen atoms in total. The second kappa shape index (κ2) is 4.97. The summed E-state index contributed by atoms with van der Waals surface area (Å²) >= 11 is 0. The zero-order chi connectivity index (χ0) is 9.68. The van der Waals surface area contributed by atoms with Gasteiger partial charge in [0.25, 0.3) is 0 Å². The lowest BCUT2D eigenvalue weighted by atomic mass is 10.1. The van der Waals surface area contributed by atoms with E-state index in [0.29, 0.717) is 24.8 Å². The fourth-order valence-corrected chi connectivity index (χ4v) is 1.25. The van der Waals surface area contributed by atoms with Crippen LogP contribution in [-0.4, -0.2) is 16.7 Å². The second-order valence-corrected chi connectivity index (χ2v) is 3.26. The molecule has 1 heterocycles. The van der Waals surface area contributed by atoms with Gasteiger partial charge in [-0.2, -0.15) is 0 Å². The minimum Gasteiger partial charge on any atom is -0.425 e. The van der Waals surface area contributed by atoms with Crippen molar-refractivity contribution in [1.29, 1.82) is 0 Å². The van der Waals surface area contributed by atoms with Crippen LogP contribution in [0.15, 0.2) is 4.42 Å². The van der Waals surface area contributed by atoms with Crippen LogP contribution in [0.25, 0.3) is 0 Å². The first kappa shape index (κ1) is 10.2. The molecule has 4 heteroatoms. The Morgan fingerprint density at radius 3 is 2.85 bits per heavy atom. The van der Waals surface area contributed by atoms with E-state index in [1.807, 2.05) is 0 Å². The van der Waals surface area contributed by atoms with Gasteiger partial charge in [0.15, 0.2) is 0 Å². The number of hydrogen-bond donors (Lipinski definition) is 1. The van der Waals surface area contributed by atoms with E-state index < -0.39 is 0 Å². The zero-order valence-corrected chi connectivity index (χ0v) is 8.29. The first-order chi connectivity index (χ1) is 6.27. The minimum atomic E-state index is 0.365. The first-order valence-corrected chi connectivity index (χ1v) is 4.80. The summed E-state index contributed by atoms with van der Waals surface area (Å²) in [4.78, 5) is 0. The molecule has 0 bridgehead atoms. The zero-order valence-electron chi connectivity index (χ0n) is 8.29. The number of nitrogens with two attached hydrogens (primary N) is 1. The molecule has 13 heavy (non-hydrogen) atoms. The maximum absolute atomic E-state index is 5.44. The molecule has 0 saturated carbocycles. The topological polar surface area (TPSA) is 64.9 Å². The van der Waals surface area contributed by atoms with E-state index in [2.05, 4.69) is 24.0 Å². The standard InChI is InChI=1S/C9H17N3O/c1-3-4-7(2)9-12-11-8(13-9)5-6-10/h7H,3-6,10H2,1-2H3. The van der Waals surface area contributed by atoms with E-state index in [9.17, 15) is 0 Å². The molecule has 0 spiro atoms. The average Bonchev–Trinajstić information content (AvgIpc) is 2.54. The predicted octanol–water partition coefficient (Wildman–Crippen LogP) is 1.47. The van der Waals surface area contributed by atoms with Gasteiger partial charge in [0.2, 0.25) is 11.8 Å². The van der Waals surface area contributed by atoms with Crippen LogP contribution in [0.5, 0.6) is 0 Å². The number of aromatic nitrogens is 2. The molecule has 1 aromatic rings. The lowest BCUT2D eigenvalue weighted by Gasteiger charge is -2.02. The van der Waals surface area contributed by atoms with Crippen molar-refractivity contribution in [2.75, 3.05) is 6.54 Å². The van der Waals surface area contributed by atoms with Crippen molar-refractivity contribution in [2.24, 2.45) is 5.73 Å². The van der Waals surface area contributed by atoms with Crippen molar-refractivity contribution >= 4 is 0 Å². The lowest BCUT2D eigenvalue weighted by Crippen LogP contribution is -2.02.